The van der Waals surface area contributed by atoms with Crippen molar-refractivity contribution in [2.75, 3.05) is 13.7 Å². The summed E-state index contributed by atoms with van der Waals surface area (Å²) in [6, 6.07) is 13.1. The molecule has 0 atom stereocenters. The molecule has 45 heavy (non-hydrogen) atoms. The highest BCUT2D eigenvalue weighted by Gasteiger charge is 2.35. The first kappa shape index (κ1) is 32.6. The molecule has 11 heteroatoms. The Labute approximate surface area is 270 Å². The largest absolute Gasteiger partial charge is 0.496 e. The average molecular weight is 656 g/mol. The number of hydrogen-bond acceptors (Lipinski definition) is 5. The van der Waals surface area contributed by atoms with E-state index in [1.807, 2.05) is 57.2 Å². The molecule has 0 aliphatic heterocycles. The van der Waals surface area contributed by atoms with Crippen molar-refractivity contribution in [3.05, 3.63) is 81.8 Å². The highest BCUT2D eigenvalue weighted by molar-refractivity contribution is 7.21. The molecule has 238 valence electrons. The number of fused-ring (bicyclic) bond motifs is 1. The van der Waals surface area contributed by atoms with Crippen LogP contribution in [0.15, 0.2) is 54.7 Å². The number of carbonyl (C=O) groups excluding carboxylic acids is 1. The molecule has 2 amide bonds. The summed E-state index contributed by atoms with van der Waals surface area (Å²) in [5.41, 5.74) is 1.82. The molecule has 1 fully saturated rings. The zero-order valence-corrected chi connectivity index (χ0v) is 27.2. The first-order chi connectivity index (χ1) is 21.4. The van der Waals surface area contributed by atoms with Gasteiger partial charge in [0.05, 0.1) is 27.9 Å². The molecule has 0 unspecified atom stereocenters. The van der Waals surface area contributed by atoms with Crippen molar-refractivity contribution < 1.29 is 28.2 Å². The maximum atomic E-state index is 14.8. The number of ether oxygens (including phenoxy) is 1. The monoisotopic (exact) mass is 655 g/mol. The maximum absolute atomic E-state index is 14.8. The lowest BCUT2D eigenvalue weighted by Crippen LogP contribution is -2.48. The van der Waals surface area contributed by atoms with Gasteiger partial charge in [0.15, 0.2) is 0 Å². The quantitative estimate of drug-likeness (QED) is 0.205. The van der Waals surface area contributed by atoms with E-state index in [1.165, 1.54) is 4.90 Å². The highest BCUT2D eigenvalue weighted by Crippen LogP contribution is 2.41. The van der Waals surface area contributed by atoms with Crippen LogP contribution >= 0.6 is 22.9 Å². The second kappa shape index (κ2) is 13.3. The van der Waals surface area contributed by atoms with Gasteiger partial charge >= 0.3 is 6.09 Å². The van der Waals surface area contributed by atoms with Crippen LogP contribution in [0.3, 0.4) is 0 Å². The molecule has 5 rings (SSSR count). The topological polar surface area (TPSA) is 83.0 Å². The lowest BCUT2D eigenvalue weighted by Gasteiger charge is -2.40. The number of thiophene rings is 1. The number of benzene rings is 2. The van der Waals surface area contributed by atoms with E-state index in [0.29, 0.717) is 38.0 Å². The van der Waals surface area contributed by atoms with E-state index in [0.717, 1.165) is 40.3 Å². The molecule has 0 spiro atoms. The Morgan fingerprint density at radius 1 is 1.07 bits per heavy atom. The molecule has 2 aromatic carbocycles. The van der Waals surface area contributed by atoms with Gasteiger partial charge in [-0.25, -0.2) is 13.6 Å². The van der Waals surface area contributed by atoms with Gasteiger partial charge in [-0.1, -0.05) is 17.7 Å². The minimum Gasteiger partial charge on any atom is -0.496 e. The molecule has 1 aliphatic rings. The molecule has 0 saturated heterocycles. The van der Waals surface area contributed by atoms with Gasteiger partial charge in [-0.15, -0.1) is 11.3 Å². The molecule has 1 N–H and O–H groups in total. The van der Waals surface area contributed by atoms with Gasteiger partial charge in [0.2, 0.25) is 0 Å². The number of rotatable bonds is 8. The lowest BCUT2D eigenvalue weighted by molar-refractivity contribution is 0.0535. The Morgan fingerprint density at radius 2 is 1.78 bits per heavy atom. The Bertz CT molecular complexity index is 1700. The number of nitrogens with zero attached hydrogens (tertiary/aromatic N) is 3. The summed E-state index contributed by atoms with van der Waals surface area (Å²) in [6.45, 7) is 6.19. The van der Waals surface area contributed by atoms with Crippen LogP contribution < -0.4 is 4.74 Å². The number of carboxylic acid groups (broad SMARTS) is 1. The molecule has 1 saturated carbocycles. The van der Waals surface area contributed by atoms with Crippen LogP contribution in [0.2, 0.25) is 5.02 Å². The van der Waals surface area contributed by atoms with Crippen molar-refractivity contribution in [1.82, 2.24) is 14.8 Å². The third kappa shape index (κ3) is 6.92. The number of halogens is 3. The molecule has 0 bridgehead atoms. The van der Waals surface area contributed by atoms with Crippen molar-refractivity contribution in [3.63, 3.8) is 0 Å². The second-order valence-corrected chi connectivity index (χ2v) is 13.8. The molecular weight excluding hydrogens is 620 g/mol. The Morgan fingerprint density at radius 3 is 2.38 bits per heavy atom. The van der Waals surface area contributed by atoms with E-state index < -0.39 is 29.2 Å². The molecule has 2 heterocycles. The van der Waals surface area contributed by atoms with Crippen LogP contribution in [-0.4, -0.2) is 57.1 Å². The smallest absolute Gasteiger partial charge is 0.407 e. The lowest BCUT2D eigenvalue weighted by atomic mass is 9.84. The van der Waals surface area contributed by atoms with E-state index >= 15 is 0 Å². The third-order valence-corrected chi connectivity index (χ3v) is 10.1. The summed E-state index contributed by atoms with van der Waals surface area (Å²) in [6.07, 6.45) is 3.43. The first-order valence-electron chi connectivity index (χ1n) is 14.8. The summed E-state index contributed by atoms with van der Waals surface area (Å²) < 4.78 is 35.2. The molecule has 2 aromatic heterocycles. The maximum Gasteiger partial charge on any atom is 0.407 e. The molecular formula is C34H36ClF2N3O4S. The van der Waals surface area contributed by atoms with Crippen LogP contribution in [0.1, 0.15) is 61.7 Å². The van der Waals surface area contributed by atoms with Gasteiger partial charge in [0.25, 0.3) is 5.91 Å². The summed E-state index contributed by atoms with van der Waals surface area (Å²) in [4.78, 5) is 34.1. The van der Waals surface area contributed by atoms with Gasteiger partial charge in [-0.05, 0) is 94.8 Å². The van der Waals surface area contributed by atoms with Gasteiger partial charge in [0, 0.05) is 42.0 Å². The highest BCUT2D eigenvalue weighted by atomic mass is 35.5. The zero-order chi connectivity index (χ0) is 32.5. The summed E-state index contributed by atoms with van der Waals surface area (Å²) >= 11 is 7.44. The van der Waals surface area contributed by atoms with Crippen LogP contribution in [0.4, 0.5) is 13.6 Å². The predicted molar refractivity (Wildman–Crippen MR) is 173 cm³/mol. The van der Waals surface area contributed by atoms with E-state index in [9.17, 15) is 23.5 Å². The van der Waals surface area contributed by atoms with E-state index in [2.05, 4.69) is 4.98 Å². The van der Waals surface area contributed by atoms with Gasteiger partial charge in [-0.3, -0.25) is 9.78 Å². The number of carbonyl (C=O) groups is 2. The minimum absolute atomic E-state index is 0.00215. The number of pyridine rings is 1. The normalized spacial score (nSPS) is 16.9. The van der Waals surface area contributed by atoms with Gasteiger partial charge in [-0.2, -0.15) is 0 Å². The number of aromatic nitrogens is 1. The van der Waals surface area contributed by atoms with Gasteiger partial charge in [0.1, 0.15) is 22.3 Å². The van der Waals surface area contributed by atoms with Crippen LogP contribution in [0, 0.1) is 17.6 Å². The molecule has 0 radical (unpaired) electrons. The standard InChI is InChI=1S/C34H36ClF2N3O4S/c1-34(2,3)40(33(42)43)18-20-8-11-23(12-9-20)39(32(41)31-29(35)28-24(36)13-14-25(37)30(28)45-31)19-22-17-21(10-15-27(22)44-4)26-7-5-6-16-38-26/h5-7,10,13-17,20,23H,8-9,11-12,18-19H2,1-4H3,(H,42,43). The predicted octanol–water partition coefficient (Wildman–Crippen LogP) is 8.88. The fourth-order valence-electron chi connectivity index (χ4n) is 6.05. The van der Waals surface area contributed by atoms with E-state index in [4.69, 9.17) is 16.3 Å². The van der Waals surface area contributed by atoms with Crippen LogP contribution in [-0.2, 0) is 6.54 Å². The van der Waals surface area contributed by atoms with Crippen molar-refractivity contribution >= 4 is 45.0 Å². The number of hydrogen-bond donors (Lipinski definition) is 1. The van der Waals surface area contributed by atoms with Crippen molar-refractivity contribution in [2.24, 2.45) is 5.92 Å². The molecule has 7 nitrogen and oxygen atoms in total. The van der Waals surface area contributed by atoms with Crippen molar-refractivity contribution in [3.8, 4) is 17.0 Å². The zero-order valence-electron chi connectivity index (χ0n) is 25.6. The summed E-state index contributed by atoms with van der Waals surface area (Å²) in [7, 11) is 1.56. The van der Waals surface area contributed by atoms with Crippen molar-refractivity contribution in [2.45, 2.75) is 64.6 Å². The number of amides is 2. The fraction of sp³-hybridized carbons (Fsp3) is 0.382. The minimum atomic E-state index is -0.958. The summed E-state index contributed by atoms with van der Waals surface area (Å²) in [5.74, 6) is -1.04. The molecule has 1 aliphatic carbocycles. The van der Waals surface area contributed by atoms with Crippen LogP contribution in [0.25, 0.3) is 21.3 Å². The SMILES string of the molecule is COc1ccc(-c2ccccn2)cc1CN(C(=O)c1sc2c(F)ccc(F)c2c1Cl)C1CCC(CN(C(=O)O)C(C)(C)C)CC1. The Balaban J connectivity index is 1.49. The van der Waals surface area contributed by atoms with Gasteiger partial charge < -0.3 is 19.6 Å². The molecule has 4 aromatic rings. The Hall–Kier alpha value is -3.76. The van der Waals surface area contributed by atoms with Crippen LogP contribution in [0.5, 0.6) is 5.75 Å². The van der Waals surface area contributed by atoms with E-state index in [1.54, 1.807) is 18.2 Å². The second-order valence-electron chi connectivity index (χ2n) is 12.4. The van der Waals surface area contributed by atoms with Crippen molar-refractivity contribution in [1.29, 1.82) is 0 Å². The van der Waals surface area contributed by atoms with E-state index in [-0.39, 0.29) is 38.5 Å². The Kier molecular flexibility index (Phi) is 9.65. The fourth-order valence-corrected chi connectivity index (χ4v) is 7.55. The first-order valence-corrected chi connectivity index (χ1v) is 16.0. The summed E-state index contributed by atoms with van der Waals surface area (Å²) in [5, 5.41) is 9.61. The third-order valence-electron chi connectivity index (χ3n) is 8.46. The average Bonchev–Trinajstić information content (AvgIpc) is 3.38. The number of methoxy groups -OCH3 is 1.